The Kier molecular flexibility index (Phi) is 3.75. The standard InChI is InChI=1S/C7H8ClNO/c1-5(2)3-6(4-9)7(8)10/h3,5H,1-2H3. The van der Waals surface area contributed by atoms with E-state index in [9.17, 15) is 4.79 Å². The van der Waals surface area contributed by atoms with E-state index in [0.717, 1.165) is 0 Å². The zero-order valence-corrected chi connectivity index (χ0v) is 6.64. The third kappa shape index (κ3) is 3.26. The molecule has 0 spiro atoms. The molecular formula is C7H8ClNO. The zero-order chi connectivity index (χ0) is 8.15. The Morgan fingerprint density at radius 1 is 1.70 bits per heavy atom. The van der Waals surface area contributed by atoms with E-state index in [4.69, 9.17) is 16.9 Å². The maximum atomic E-state index is 10.4. The maximum absolute atomic E-state index is 10.4. The largest absolute Gasteiger partial charge is 0.275 e. The number of carbonyl (C=O) groups is 1. The molecule has 0 aromatic heterocycles. The highest BCUT2D eigenvalue weighted by Gasteiger charge is 2.04. The van der Waals surface area contributed by atoms with E-state index in [1.807, 2.05) is 13.8 Å². The topological polar surface area (TPSA) is 40.9 Å². The number of halogens is 1. The number of hydrogen-bond donors (Lipinski definition) is 0. The van der Waals surface area contributed by atoms with Crippen LogP contribution in [0, 0.1) is 17.2 Å². The first-order valence-corrected chi connectivity index (χ1v) is 3.27. The molecule has 2 nitrogen and oxygen atoms in total. The molecule has 0 aromatic rings. The van der Waals surface area contributed by atoms with Crippen molar-refractivity contribution in [3.63, 3.8) is 0 Å². The van der Waals surface area contributed by atoms with Gasteiger partial charge in [0.25, 0.3) is 5.24 Å². The average Bonchev–Trinajstić information content (AvgIpc) is 1.81. The van der Waals surface area contributed by atoms with E-state index in [2.05, 4.69) is 0 Å². The highest BCUT2D eigenvalue weighted by Crippen LogP contribution is 2.04. The van der Waals surface area contributed by atoms with Gasteiger partial charge in [-0.2, -0.15) is 5.26 Å². The molecule has 0 aliphatic carbocycles. The fourth-order valence-corrected chi connectivity index (χ4v) is 0.585. The van der Waals surface area contributed by atoms with Crippen LogP contribution in [0.4, 0.5) is 0 Å². The van der Waals surface area contributed by atoms with Crippen molar-refractivity contribution < 1.29 is 4.79 Å². The summed E-state index contributed by atoms with van der Waals surface area (Å²) < 4.78 is 0. The Bertz CT molecular complexity index is 200. The van der Waals surface area contributed by atoms with Gasteiger partial charge < -0.3 is 0 Å². The summed E-state index contributed by atoms with van der Waals surface area (Å²) in [6.45, 7) is 3.74. The molecule has 0 radical (unpaired) electrons. The van der Waals surface area contributed by atoms with Gasteiger partial charge in [0.2, 0.25) is 0 Å². The van der Waals surface area contributed by atoms with Crippen LogP contribution in [0.3, 0.4) is 0 Å². The van der Waals surface area contributed by atoms with Gasteiger partial charge in [-0.05, 0) is 17.5 Å². The summed E-state index contributed by atoms with van der Waals surface area (Å²) >= 11 is 5.06. The van der Waals surface area contributed by atoms with Crippen molar-refractivity contribution in [2.75, 3.05) is 0 Å². The second-order valence-electron chi connectivity index (χ2n) is 2.21. The molecule has 0 fully saturated rings. The van der Waals surface area contributed by atoms with Crippen molar-refractivity contribution in [3.05, 3.63) is 11.6 Å². The second-order valence-corrected chi connectivity index (χ2v) is 2.55. The van der Waals surface area contributed by atoms with Crippen LogP contribution in [0.15, 0.2) is 11.6 Å². The van der Waals surface area contributed by atoms with E-state index < -0.39 is 5.24 Å². The van der Waals surface area contributed by atoms with Crippen molar-refractivity contribution >= 4 is 16.8 Å². The van der Waals surface area contributed by atoms with E-state index in [1.165, 1.54) is 6.08 Å². The Morgan fingerprint density at radius 3 is 2.30 bits per heavy atom. The first-order chi connectivity index (χ1) is 4.57. The Labute approximate surface area is 65.1 Å². The molecule has 0 N–H and O–H groups in total. The van der Waals surface area contributed by atoms with Gasteiger partial charge in [-0.15, -0.1) is 0 Å². The van der Waals surface area contributed by atoms with Gasteiger partial charge in [-0.3, -0.25) is 4.79 Å². The normalized spacial score (nSPS) is 11.3. The number of rotatable bonds is 2. The Morgan fingerprint density at radius 2 is 2.20 bits per heavy atom. The van der Waals surface area contributed by atoms with Gasteiger partial charge in [-0.1, -0.05) is 19.9 Å². The molecule has 0 heterocycles. The van der Waals surface area contributed by atoms with E-state index >= 15 is 0 Å². The lowest BCUT2D eigenvalue weighted by molar-refractivity contribution is -0.108. The minimum Gasteiger partial charge on any atom is -0.275 e. The molecule has 0 aliphatic heterocycles. The van der Waals surface area contributed by atoms with Crippen molar-refractivity contribution in [3.8, 4) is 6.07 Å². The summed E-state index contributed by atoms with van der Waals surface area (Å²) in [6, 6.07) is 1.71. The third-order valence-electron chi connectivity index (χ3n) is 0.832. The second kappa shape index (κ2) is 4.08. The van der Waals surface area contributed by atoms with Crippen LogP contribution in [-0.4, -0.2) is 5.24 Å². The maximum Gasteiger partial charge on any atom is 0.262 e. The van der Waals surface area contributed by atoms with Gasteiger partial charge in [0.05, 0.1) is 0 Å². The molecule has 54 valence electrons. The molecule has 0 rings (SSSR count). The number of nitrogens with zero attached hydrogens (tertiary/aromatic N) is 1. The van der Waals surface area contributed by atoms with E-state index in [1.54, 1.807) is 6.07 Å². The van der Waals surface area contributed by atoms with Gasteiger partial charge in [-0.25, -0.2) is 0 Å². The Balaban J connectivity index is 4.39. The molecule has 0 aromatic carbocycles. The first-order valence-electron chi connectivity index (χ1n) is 2.89. The van der Waals surface area contributed by atoms with Crippen LogP contribution >= 0.6 is 11.6 Å². The molecular weight excluding hydrogens is 150 g/mol. The van der Waals surface area contributed by atoms with Gasteiger partial charge in [0.1, 0.15) is 11.6 Å². The van der Waals surface area contributed by atoms with E-state index in [0.29, 0.717) is 0 Å². The highest BCUT2D eigenvalue weighted by atomic mass is 35.5. The lowest BCUT2D eigenvalue weighted by Gasteiger charge is -1.93. The van der Waals surface area contributed by atoms with Crippen LogP contribution in [0.5, 0.6) is 0 Å². The highest BCUT2D eigenvalue weighted by molar-refractivity contribution is 6.68. The van der Waals surface area contributed by atoms with Crippen molar-refractivity contribution in [2.45, 2.75) is 13.8 Å². The van der Waals surface area contributed by atoms with E-state index in [-0.39, 0.29) is 11.5 Å². The fourth-order valence-electron chi connectivity index (χ4n) is 0.480. The summed E-state index contributed by atoms with van der Waals surface area (Å²) in [4.78, 5) is 10.4. The molecule has 0 atom stereocenters. The molecule has 0 amide bonds. The lowest BCUT2D eigenvalue weighted by atomic mass is 10.1. The summed E-state index contributed by atoms with van der Waals surface area (Å²) in [6.07, 6.45) is 1.54. The van der Waals surface area contributed by atoms with Gasteiger partial charge in [0.15, 0.2) is 0 Å². The molecule has 0 saturated heterocycles. The predicted molar refractivity (Wildman–Crippen MR) is 39.4 cm³/mol. The molecule has 10 heavy (non-hydrogen) atoms. The van der Waals surface area contributed by atoms with Crippen LogP contribution in [-0.2, 0) is 4.79 Å². The summed E-state index contributed by atoms with van der Waals surface area (Å²) in [7, 11) is 0. The molecule has 3 heteroatoms. The zero-order valence-electron chi connectivity index (χ0n) is 5.89. The monoisotopic (exact) mass is 157 g/mol. The number of allylic oxidation sites excluding steroid dienone is 2. The van der Waals surface area contributed by atoms with Gasteiger partial charge >= 0.3 is 0 Å². The van der Waals surface area contributed by atoms with Crippen molar-refractivity contribution in [1.29, 1.82) is 5.26 Å². The number of carbonyl (C=O) groups excluding carboxylic acids is 1. The Hall–Kier alpha value is -0.810. The average molecular weight is 158 g/mol. The van der Waals surface area contributed by atoms with Crippen LogP contribution < -0.4 is 0 Å². The lowest BCUT2D eigenvalue weighted by Crippen LogP contribution is -1.92. The van der Waals surface area contributed by atoms with Gasteiger partial charge in [0, 0.05) is 0 Å². The SMILES string of the molecule is CC(C)C=C(C#N)C(=O)Cl. The summed E-state index contributed by atoms with van der Waals surface area (Å²) in [5.41, 5.74) is 0.0247. The third-order valence-corrected chi connectivity index (χ3v) is 1.04. The number of hydrogen-bond acceptors (Lipinski definition) is 2. The van der Waals surface area contributed by atoms with Crippen LogP contribution in [0.25, 0.3) is 0 Å². The molecule has 0 saturated carbocycles. The first kappa shape index (κ1) is 9.19. The summed E-state index contributed by atoms with van der Waals surface area (Å²) in [5.74, 6) is 0.178. The quantitative estimate of drug-likeness (QED) is 0.349. The minimum atomic E-state index is -0.684. The van der Waals surface area contributed by atoms with Crippen molar-refractivity contribution in [2.24, 2.45) is 5.92 Å². The molecule has 0 bridgehead atoms. The van der Waals surface area contributed by atoms with Crippen LogP contribution in [0.2, 0.25) is 0 Å². The summed E-state index contributed by atoms with van der Waals surface area (Å²) in [5, 5.41) is 7.64. The smallest absolute Gasteiger partial charge is 0.262 e. The molecule has 0 aliphatic rings. The number of nitriles is 1. The fraction of sp³-hybridized carbons (Fsp3) is 0.429. The van der Waals surface area contributed by atoms with Crippen molar-refractivity contribution in [1.82, 2.24) is 0 Å². The predicted octanol–water partition coefficient (Wildman–Crippen LogP) is 1.86. The molecule has 0 unspecified atom stereocenters. The van der Waals surface area contributed by atoms with Crippen LogP contribution in [0.1, 0.15) is 13.8 Å². The minimum absolute atomic E-state index is 0.0247.